The van der Waals surface area contributed by atoms with Crippen molar-refractivity contribution in [1.29, 1.82) is 0 Å². The van der Waals surface area contributed by atoms with Crippen molar-refractivity contribution < 1.29 is 21.9 Å². The summed E-state index contributed by atoms with van der Waals surface area (Å²) in [6, 6.07) is 11.1. The number of nitrogens with zero attached hydrogens (tertiary/aromatic N) is 3. The van der Waals surface area contributed by atoms with Crippen molar-refractivity contribution in [2.24, 2.45) is 12.0 Å². The van der Waals surface area contributed by atoms with Crippen molar-refractivity contribution in [2.45, 2.75) is 11.4 Å². The highest BCUT2D eigenvalue weighted by Gasteiger charge is 2.21. The van der Waals surface area contributed by atoms with Gasteiger partial charge in [0.05, 0.1) is 24.7 Å². The van der Waals surface area contributed by atoms with Crippen LogP contribution in [0.3, 0.4) is 0 Å². The molecule has 152 valence electrons. The Morgan fingerprint density at radius 1 is 1.03 bits per heavy atom. The normalized spacial score (nSPS) is 12.2. The molecule has 0 aliphatic carbocycles. The molecule has 0 bridgehead atoms. The summed E-state index contributed by atoms with van der Waals surface area (Å²) < 4.78 is 59.9. The van der Waals surface area contributed by atoms with Crippen LogP contribution in [-0.4, -0.2) is 24.1 Å². The number of hydrogen-bond acceptors (Lipinski definition) is 5. The zero-order chi connectivity index (χ0) is 21.2. The monoisotopic (exact) mass is 421 g/mol. The quantitative estimate of drug-likeness (QED) is 0.629. The fourth-order valence-electron chi connectivity index (χ4n) is 2.62. The maximum Gasteiger partial charge on any atom is 0.343 e. The molecule has 0 saturated heterocycles. The minimum Gasteiger partial charge on any atom is -0.497 e. The van der Waals surface area contributed by atoms with E-state index in [1.54, 1.807) is 6.07 Å². The Balaban J connectivity index is 2.08. The number of rotatable bonds is 5. The first-order valence-electron chi connectivity index (χ1n) is 8.37. The zero-order valence-corrected chi connectivity index (χ0v) is 16.4. The van der Waals surface area contributed by atoms with Crippen LogP contribution in [0.25, 0.3) is 0 Å². The Hall–Kier alpha value is -3.27. The minimum absolute atomic E-state index is 0.210. The van der Waals surface area contributed by atoms with Gasteiger partial charge in [-0.25, -0.2) is 22.0 Å². The number of halogens is 2. The van der Waals surface area contributed by atoms with Gasteiger partial charge in [0, 0.05) is 12.6 Å². The topological polar surface area (TPSA) is 82.7 Å². The van der Waals surface area contributed by atoms with E-state index in [1.807, 2.05) is 0 Å². The van der Waals surface area contributed by atoms with E-state index in [2.05, 4.69) is 4.99 Å². The largest absolute Gasteiger partial charge is 0.497 e. The van der Waals surface area contributed by atoms with E-state index >= 15 is 0 Å². The highest BCUT2D eigenvalue weighted by Crippen LogP contribution is 2.17. The molecule has 0 amide bonds. The van der Waals surface area contributed by atoms with Crippen molar-refractivity contribution in [3.05, 3.63) is 87.9 Å². The van der Waals surface area contributed by atoms with Crippen molar-refractivity contribution in [1.82, 2.24) is 8.54 Å². The predicted molar refractivity (Wildman–Crippen MR) is 101 cm³/mol. The van der Waals surface area contributed by atoms with Crippen LogP contribution in [0.5, 0.6) is 5.75 Å². The molecule has 0 N–H and O–H groups in total. The molecule has 1 heterocycles. The van der Waals surface area contributed by atoms with E-state index in [0.29, 0.717) is 15.9 Å². The maximum atomic E-state index is 14.6. The highest BCUT2D eigenvalue weighted by molar-refractivity contribution is 7.90. The average Bonchev–Trinajstić information content (AvgIpc) is 2.71. The third kappa shape index (κ3) is 3.97. The average molecular weight is 421 g/mol. The van der Waals surface area contributed by atoms with Crippen molar-refractivity contribution in [2.75, 3.05) is 7.11 Å². The van der Waals surface area contributed by atoms with Crippen LogP contribution in [0, 0.1) is 11.6 Å². The number of ether oxygens (including phenoxy) is 1. The first kappa shape index (κ1) is 20.5. The highest BCUT2D eigenvalue weighted by atomic mass is 32.2. The summed E-state index contributed by atoms with van der Waals surface area (Å²) in [5.74, 6) is -1.13. The first-order chi connectivity index (χ1) is 13.8. The number of aromatic nitrogens is 2. The molecular formula is C19H17F2N3O4S. The van der Waals surface area contributed by atoms with Gasteiger partial charge in [-0.2, -0.15) is 3.97 Å². The van der Waals surface area contributed by atoms with E-state index < -0.39 is 27.3 Å². The van der Waals surface area contributed by atoms with Gasteiger partial charge in [-0.05, 0) is 30.3 Å². The molecule has 7 nitrogen and oxygen atoms in total. The van der Waals surface area contributed by atoms with Crippen LogP contribution in [0.1, 0.15) is 5.56 Å². The SMILES string of the molecule is COc1ccc(S(=O)(=O)n2cc(F)/c(=N\Cc3ccccc3F)n(C)c2=O)cc1. The van der Waals surface area contributed by atoms with Gasteiger partial charge in [-0.3, -0.25) is 9.56 Å². The van der Waals surface area contributed by atoms with Crippen LogP contribution in [0.15, 0.2) is 69.4 Å². The van der Waals surface area contributed by atoms with Gasteiger partial charge >= 0.3 is 5.69 Å². The van der Waals surface area contributed by atoms with Crippen molar-refractivity contribution in [3.8, 4) is 5.75 Å². The van der Waals surface area contributed by atoms with Gasteiger partial charge in [-0.15, -0.1) is 0 Å². The summed E-state index contributed by atoms with van der Waals surface area (Å²) in [4.78, 5) is 16.3. The molecule has 29 heavy (non-hydrogen) atoms. The maximum absolute atomic E-state index is 14.6. The van der Waals surface area contributed by atoms with E-state index in [1.165, 1.54) is 56.6 Å². The standard InChI is InChI=1S/C19H17F2N3O4S/c1-23-18(22-11-13-5-3-4-6-16(13)20)17(21)12-24(19(23)25)29(26,27)15-9-7-14(28-2)8-10-15/h3-10,12H,11H2,1-2H3/b22-18+. The Kier molecular flexibility index (Phi) is 5.64. The molecule has 2 aromatic carbocycles. The van der Waals surface area contributed by atoms with Crippen molar-refractivity contribution >= 4 is 10.0 Å². The molecule has 0 spiro atoms. The second-order valence-electron chi connectivity index (χ2n) is 6.03. The van der Waals surface area contributed by atoms with Gasteiger partial charge < -0.3 is 4.74 Å². The lowest BCUT2D eigenvalue weighted by molar-refractivity contribution is 0.414. The Bertz CT molecular complexity index is 1280. The fourth-order valence-corrected chi connectivity index (χ4v) is 3.88. The molecule has 0 aliphatic rings. The van der Waals surface area contributed by atoms with Gasteiger partial charge in [0.15, 0.2) is 11.3 Å². The van der Waals surface area contributed by atoms with Crippen molar-refractivity contribution in [3.63, 3.8) is 0 Å². The molecule has 0 atom stereocenters. The summed E-state index contributed by atoms with van der Waals surface area (Å²) >= 11 is 0. The molecule has 0 saturated carbocycles. The van der Waals surface area contributed by atoms with E-state index in [-0.39, 0.29) is 22.5 Å². The molecule has 0 fully saturated rings. The lowest BCUT2D eigenvalue weighted by Gasteiger charge is -2.11. The lowest BCUT2D eigenvalue weighted by Crippen LogP contribution is -2.42. The molecule has 3 rings (SSSR count). The minimum atomic E-state index is -4.34. The van der Waals surface area contributed by atoms with E-state index in [4.69, 9.17) is 4.74 Å². The van der Waals surface area contributed by atoms with Gasteiger partial charge in [-0.1, -0.05) is 18.2 Å². The smallest absolute Gasteiger partial charge is 0.343 e. The van der Waals surface area contributed by atoms with E-state index in [0.717, 1.165) is 4.57 Å². The summed E-state index contributed by atoms with van der Waals surface area (Å²) in [7, 11) is -1.73. The van der Waals surface area contributed by atoms with Crippen LogP contribution >= 0.6 is 0 Å². The van der Waals surface area contributed by atoms with Gasteiger partial charge in [0.25, 0.3) is 10.0 Å². The molecule has 0 aliphatic heterocycles. The third-order valence-corrected chi connectivity index (χ3v) is 5.86. The van der Waals surface area contributed by atoms with Gasteiger partial charge in [0.1, 0.15) is 11.6 Å². The van der Waals surface area contributed by atoms with Gasteiger partial charge in [0.2, 0.25) is 0 Å². The second-order valence-corrected chi connectivity index (χ2v) is 7.84. The number of benzene rings is 2. The zero-order valence-electron chi connectivity index (χ0n) is 15.5. The fraction of sp³-hybridized carbons (Fsp3) is 0.158. The van der Waals surface area contributed by atoms with Crippen LogP contribution in [-0.2, 0) is 23.6 Å². The summed E-state index contributed by atoms with van der Waals surface area (Å²) in [6.45, 7) is -0.216. The molecule has 3 aromatic rings. The van der Waals surface area contributed by atoms with E-state index in [9.17, 15) is 22.0 Å². The molecular weight excluding hydrogens is 404 g/mol. The molecule has 0 unspecified atom stereocenters. The number of methoxy groups -OCH3 is 1. The first-order valence-corrected chi connectivity index (χ1v) is 9.81. The Morgan fingerprint density at radius 3 is 2.31 bits per heavy atom. The predicted octanol–water partition coefficient (Wildman–Crippen LogP) is 1.81. The third-order valence-electron chi connectivity index (χ3n) is 4.21. The number of hydrogen-bond donors (Lipinski definition) is 0. The van der Waals surface area contributed by atoms with Crippen LogP contribution in [0.2, 0.25) is 0 Å². The second kappa shape index (κ2) is 8.00. The summed E-state index contributed by atoms with van der Waals surface area (Å²) in [6.07, 6.45) is 0.558. The van der Waals surface area contributed by atoms with Crippen LogP contribution < -0.4 is 15.9 Å². The Morgan fingerprint density at radius 2 is 1.69 bits per heavy atom. The van der Waals surface area contributed by atoms with Crippen LogP contribution in [0.4, 0.5) is 8.78 Å². The lowest BCUT2D eigenvalue weighted by atomic mass is 10.2. The molecule has 10 heteroatoms. The molecule has 1 aromatic heterocycles. The molecule has 0 radical (unpaired) electrons. The Labute approximate surface area is 165 Å². The summed E-state index contributed by atoms with van der Waals surface area (Å²) in [5.41, 5.74) is -1.20. The summed E-state index contributed by atoms with van der Waals surface area (Å²) in [5, 5.41) is 0.